The summed E-state index contributed by atoms with van der Waals surface area (Å²) in [6.45, 7) is 6.07. The van der Waals surface area contributed by atoms with E-state index >= 15 is 0 Å². The summed E-state index contributed by atoms with van der Waals surface area (Å²) < 4.78 is 1.61. The molecule has 0 saturated carbocycles. The third kappa shape index (κ3) is 2.16. The molecule has 2 N–H and O–H groups in total. The quantitative estimate of drug-likeness (QED) is 0.774. The highest BCUT2D eigenvalue weighted by Crippen LogP contribution is 2.15. The standard InChI is InChI=1S/C10H15ClN2O/c1-10(2,3)13-6-8(11)4-7(5-12)9(13)14/h4,6H,5,12H2,1-3H3. The molecule has 0 bridgehead atoms. The van der Waals surface area contributed by atoms with E-state index in [-0.39, 0.29) is 17.6 Å². The Hall–Kier alpha value is -0.800. The number of rotatable bonds is 1. The second kappa shape index (κ2) is 3.75. The van der Waals surface area contributed by atoms with Crippen molar-refractivity contribution in [2.24, 2.45) is 5.73 Å². The molecule has 14 heavy (non-hydrogen) atoms. The van der Waals surface area contributed by atoms with Crippen LogP contribution in [-0.2, 0) is 12.1 Å². The zero-order chi connectivity index (χ0) is 10.9. The van der Waals surface area contributed by atoms with Gasteiger partial charge in [0.1, 0.15) is 0 Å². The molecule has 0 atom stereocenters. The van der Waals surface area contributed by atoms with Crippen molar-refractivity contribution in [2.45, 2.75) is 32.9 Å². The van der Waals surface area contributed by atoms with Crippen molar-refractivity contribution in [3.63, 3.8) is 0 Å². The molecule has 0 aliphatic rings. The number of pyridine rings is 1. The van der Waals surface area contributed by atoms with Crippen molar-refractivity contribution in [2.75, 3.05) is 0 Å². The molecule has 1 aromatic heterocycles. The van der Waals surface area contributed by atoms with E-state index in [2.05, 4.69) is 0 Å². The smallest absolute Gasteiger partial charge is 0.255 e. The first-order chi connectivity index (χ1) is 6.36. The minimum atomic E-state index is -0.272. The van der Waals surface area contributed by atoms with Gasteiger partial charge in [0.15, 0.2) is 0 Å². The lowest BCUT2D eigenvalue weighted by Gasteiger charge is -2.23. The number of aromatic nitrogens is 1. The fourth-order valence-corrected chi connectivity index (χ4v) is 1.48. The molecule has 0 unspecified atom stereocenters. The van der Waals surface area contributed by atoms with Gasteiger partial charge in [-0.15, -0.1) is 0 Å². The van der Waals surface area contributed by atoms with E-state index < -0.39 is 0 Å². The Morgan fingerprint density at radius 1 is 1.50 bits per heavy atom. The first-order valence-corrected chi connectivity index (χ1v) is 4.85. The average Bonchev–Trinajstić information content (AvgIpc) is 2.06. The summed E-state index contributed by atoms with van der Waals surface area (Å²) in [6, 6.07) is 1.62. The molecule has 4 heteroatoms. The van der Waals surface area contributed by atoms with Gasteiger partial charge in [-0.25, -0.2) is 0 Å². The van der Waals surface area contributed by atoms with Gasteiger partial charge in [0.25, 0.3) is 5.56 Å². The molecule has 1 rings (SSSR count). The van der Waals surface area contributed by atoms with Crippen LogP contribution in [-0.4, -0.2) is 4.57 Å². The summed E-state index contributed by atoms with van der Waals surface area (Å²) in [7, 11) is 0. The lowest BCUT2D eigenvalue weighted by atomic mass is 10.1. The highest BCUT2D eigenvalue weighted by atomic mass is 35.5. The summed E-state index contributed by atoms with van der Waals surface area (Å²) >= 11 is 5.89. The van der Waals surface area contributed by atoms with Gasteiger partial charge in [-0.05, 0) is 26.8 Å². The Balaban J connectivity index is 3.45. The third-order valence-corrected chi connectivity index (χ3v) is 2.21. The first-order valence-electron chi connectivity index (χ1n) is 4.48. The van der Waals surface area contributed by atoms with Crippen molar-refractivity contribution >= 4 is 11.6 Å². The summed E-state index contributed by atoms with van der Waals surface area (Å²) in [5.74, 6) is 0. The zero-order valence-corrected chi connectivity index (χ0v) is 9.43. The van der Waals surface area contributed by atoms with Crippen LogP contribution in [0.5, 0.6) is 0 Å². The molecule has 0 fully saturated rings. The Morgan fingerprint density at radius 2 is 2.07 bits per heavy atom. The number of hydrogen-bond donors (Lipinski definition) is 1. The number of hydrogen-bond acceptors (Lipinski definition) is 2. The van der Waals surface area contributed by atoms with Crippen LogP contribution in [0.1, 0.15) is 26.3 Å². The highest BCUT2D eigenvalue weighted by Gasteiger charge is 2.16. The SMILES string of the molecule is CC(C)(C)n1cc(Cl)cc(CN)c1=O. The summed E-state index contributed by atoms with van der Waals surface area (Å²) in [4.78, 5) is 11.8. The number of halogens is 1. The van der Waals surface area contributed by atoms with E-state index in [4.69, 9.17) is 17.3 Å². The maximum Gasteiger partial charge on any atom is 0.255 e. The Labute approximate surface area is 88.5 Å². The van der Waals surface area contributed by atoms with Gasteiger partial charge >= 0.3 is 0 Å². The van der Waals surface area contributed by atoms with Gasteiger partial charge in [0, 0.05) is 23.8 Å². The van der Waals surface area contributed by atoms with Crippen LogP contribution in [0.2, 0.25) is 5.02 Å². The summed E-state index contributed by atoms with van der Waals surface area (Å²) in [6.07, 6.45) is 1.64. The van der Waals surface area contributed by atoms with E-state index in [0.29, 0.717) is 10.6 Å². The normalized spacial score (nSPS) is 11.8. The van der Waals surface area contributed by atoms with E-state index in [9.17, 15) is 4.79 Å². The van der Waals surface area contributed by atoms with E-state index in [0.717, 1.165) is 0 Å². The molecule has 0 radical (unpaired) electrons. The van der Waals surface area contributed by atoms with Gasteiger partial charge in [0.05, 0.1) is 5.02 Å². The molecule has 78 valence electrons. The molecule has 3 nitrogen and oxygen atoms in total. The molecule has 0 spiro atoms. The van der Waals surface area contributed by atoms with Gasteiger partial charge in [-0.3, -0.25) is 4.79 Å². The van der Waals surface area contributed by atoms with E-state index in [1.165, 1.54) is 0 Å². The molecule has 0 saturated heterocycles. The maximum absolute atomic E-state index is 11.8. The second-order valence-corrected chi connectivity index (χ2v) is 4.67. The van der Waals surface area contributed by atoms with Crippen LogP contribution in [0.4, 0.5) is 0 Å². The second-order valence-electron chi connectivity index (χ2n) is 4.23. The Morgan fingerprint density at radius 3 is 2.50 bits per heavy atom. The molecule has 0 amide bonds. The van der Waals surface area contributed by atoms with Crippen molar-refractivity contribution < 1.29 is 0 Å². The highest BCUT2D eigenvalue weighted by molar-refractivity contribution is 6.30. The maximum atomic E-state index is 11.8. The first kappa shape index (κ1) is 11.3. The third-order valence-electron chi connectivity index (χ3n) is 2.00. The number of nitrogens with zero attached hydrogens (tertiary/aromatic N) is 1. The van der Waals surface area contributed by atoms with Crippen molar-refractivity contribution in [1.29, 1.82) is 0 Å². The van der Waals surface area contributed by atoms with E-state index in [1.54, 1.807) is 16.8 Å². The lowest BCUT2D eigenvalue weighted by molar-refractivity contribution is 0.382. The monoisotopic (exact) mass is 214 g/mol. The topological polar surface area (TPSA) is 48.0 Å². The van der Waals surface area contributed by atoms with Crippen LogP contribution in [0.3, 0.4) is 0 Å². The van der Waals surface area contributed by atoms with Crippen LogP contribution >= 0.6 is 11.6 Å². The van der Waals surface area contributed by atoms with Gasteiger partial charge in [0.2, 0.25) is 0 Å². The molecule has 0 aliphatic carbocycles. The molecule has 0 aromatic carbocycles. The van der Waals surface area contributed by atoms with Gasteiger partial charge < -0.3 is 10.3 Å². The Kier molecular flexibility index (Phi) is 3.02. The zero-order valence-electron chi connectivity index (χ0n) is 8.67. The minimum Gasteiger partial charge on any atom is -0.326 e. The molecule has 1 aromatic rings. The molecule has 0 aliphatic heterocycles. The molecular weight excluding hydrogens is 200 g/mol. The van der Waals surface area contributed by atoms with Crippen molar-refractivity contribution in [1.82, 2.24) is 4.57 Å². The predicted octanol–water partition coefficient (Wildman–Crippen LogP) is 1.72. The Bertz CT molecular complexity index is 390. The molecule has 1 heterocycles. The fraction of sp³-hybridized carbons (Fsp3) is 0.500. The fourth-order valence-electron chi connectivity index (χ4n) is 1.25. The summed E-state index contributed by atoms with van der Waals surface area (Å²) in [5.41, 5.74) is 5.67. The number of nitrogens with two attached hydrogens (primary N) is 1. The average molecular weight is 215 g/mol. The van der Waals surface area contributed by atoms with Crippen molar-refractivity contribution in [3.05, 3.63) is 33.2 Å². The molecular formula is C10H15ClN2O. The van der Waals surface area contributed by atoms with Crippen molar-refractivity contribution in [3.8, 4) is 0 Å². The van der Waals surface area contributed by atoms with Crippen LogP contribution in [0.15, 0.2) is 17.1 Å². The minimum absolute atomic E-state index is 0.0654. The summed E-state index contributed by atoms with van der Waals surface area (Å²) in [5, 5.41) is 0.542. The van der Waals surface area contributed by atoms with Crippen LogP contribution in [0, 0.1) is 0 Å². The van der Waals surface area contributed by atoms with Gasteiger partial charge in [-0.2, -0.15) is 0 Å². The van der Waals surface area contributed by atoms with Crippen LogP contribution in [0.25, 0.3) is 0 Å². The van der Waals surface area contributed by atoms with E-state index in [1.807, 2.05) is 20.8 Å². The van der Waals surface area contributed by atoms with Crippen LogP contribution < -0.4 is 11.3 Å². The lowest BCUT2D eigenvalue weighted by Crippen LogP contribution is -2.35. The van der Waals surface area contributed by atoms with Gasteiger partial charge in [-0.1, -0.05) is 11.6 Å². The largest absolute Gasteiger partial charge is 0.326 e. The predicted molar refractivity (Wildman–Crippen MR) is 58.6 cm³/mol.